The minimum Gasteiger partial charge on any atom is -0.295 e. The largest absolute Gasteiger partial charge is 0.295 e. The molecule has 22 heavy (non-hydrogen) atoms. The monoisotopic (exact) mass is 316 g/mol. The van der Waals surface area contributed by atoms with Crippen LogP contribution in [0.5, 0.6) is 0 Å². The van der Waals surface area contributed by atoms with Crippen LogP contribution in [0.4, 0.5) is 0 Å². The van der Waals surface area contributed by atoms with Gasteiger partial charge in [-0.3, -0.25) is 25.0 Å². The summed E-state index contributed by atoms with van der Waals surface area (Å²) in [6.07, 6.45) is 7.37. The Labute approximate surface area is 132 Å². The molecular formula is C15H16N4O2S. The molecule has 114 valence electrons. The number of aromatic nitrogens is 2. The van der Waals surface area contributed by atoms with E-state index in [1.54, 1.807) is 30.1 Å². The molecule has 2 N–H and O–H groups in total. The van der Waals surface area contributed by atoms with Crippen LogP contribution in [0.2, 0.25) is 0 Å². The smallest absolute Gasteiger partial charge is 0.269 e. The molecule has 0 bridgehead atoms. The summed E-state index contributed by atoms with van der Waals surface area (Å²) in [5.41, 5.74) is 6.30. The highest BCUT2D eigenvalue weighted by atomic mass is 32.2. The standard InChI is InChI=1S/C15H16N4O2S/c1-22-15-16-8-9-19(15)12-6-4-11(5-7-12)14(21)18-17-13(20)10-2-3-10/h4-10H,2-3H2,1H3,(H,17,20)(H,18,21). The lowest BCUT2D eigenvalue weighted by atomic mass is 10.2. The van der Waals surface area contributed by atoms with Crippen LogP contribution >= 0.6 is 11.8 Å². The van der Waals surface area contributed by atoms with Crippen LogP contribution in [0.1, 0.15) is 23.2 Å². The summed E-state index contributed by atoms with van der Waals surface area (Å²) >= 11 is 1.55. The number of benzene rings is 1. The average molecular weight is 316 g/mol. The highest BCUT2D eigenvalue weighted by molar-refractivity contribution is 7.98. The first-order valence-electron chi connectivity index (χ1n) is 6.97. The summed E-state index contributed by atoms with van der Waals surface area (Å²) in [5.74, 6) is -0.377. The van der Waals surface area contributed by atoms with E-state index < -0.39 is 0 Å². The van der Waals surface area contributed by atoms with Crippen molar-refractivity contribution in [2.75, 3.05) is 6.26 Å². The average Bonchev–Trinajstić information content (AvgIpc) is 3.30. The van der Waals surface area contributed by atoms with E-state index in [1.807, 2.05) is 29.2 Å². The van der Waals surface area contributed by atoms with Crippen molar-refractivity contribution in [1.82, 2.24) is 20.4 Å². The molecule has 6 nitrogen and oxygen atoms in total. The van der Waals surface area contributed by atoms with E-state index in [9.17, 15) is 9.59 Å². The number of nitrogens with one attached hydrogen (secondary N) is 2. The summed E-state index contributed by atoms with van der Waals surface area (Å²) in [5, 5.41) is 0.883. The van der Waals surface area contributed by atoms with Gasteiger partial charge in [0.05, 0.1) is 0 Å². The molecule has 1 aliphatic rings. The minimum absolute atomic E-state index is 0.0638. The second kappa shape index (κ2) is 6.23. The van der Waals surface area contributed by atoms with Crippen molar-refractivity contribution >= 4 is 23.6 Å². The van der Waals surface area contributed by atoms with E-state index in [-0.39, 0.29) is 17.7 Å². The maximum absolute atomic E-state index is 12.0. The lowest BCUT2D eigenvalue weighted by Gasteiger charge is -2.09. The third-order valence-electron chi connectivity index (χ3n) is 3.44. The Bertz CT molecular complexity index is 692. The number of imidazole rings is 1. The maximum atomic E-state index is 12.0. The molecule has 1 saturated carbocycles. The van der Waals surface area contributed by atoms with Crippen LogP contribution in [0.15, 0.2) is 41.8 Å². The number of carbonyl (C=O) groups excluding carboxylic acids is 2. The molecule has 0 unspecified atom stereocenters. The lowest BCUT2D eigenvalue weighted by Crippen LogP contribution is -2.42. The Hall–Kier alpha value is -2.28. The van der Waals surface area contributed by atoms with Crippen molar-refractivity contribution in [2.45, 2.75) is 18.0 Å². The summed E-state index contributed by atoms with van der Waals surface area (Å²) in [7, 11) is 0. The molecule has 0 aliphatic heterocycles. The van der Waals surface area contributed by atoms with Gasteiger partial charge in [-0.25, -0.2) is 4.98 Å². The Balaban J connectivity index is 1.65. The Morgan fingerprint density at radius 1 is 1.23 bits per heavy atom. The number of carbonyl (C=O) groups is 2. The van der Waals surface area contributed by atoms with Gasteiger partial charge >= 0.3 is 0 Å². The minimum atomic E-state index is -0.323. The zero-order valence-electron chi connectivity index (χ0n) is 12.1. The second-order valence-electron chi connectivity index (χ2n) is 5.05. The quantitative estimate of drug-likeness (QED) is 0.666. The van der Waals surface area contributed by atoms with Crippen molar-refractivity contribution < 1.29 is 9.59 Å². The van der Waals surface area contributed by atoms with Crippen LogP contribution in [0.3, 0.4) is 0 Å². The third-order valence-corrected chi connectivity index (χ3v) is 4.11. The SMILES string of the molecule is CSc1nccn1-c1ccc(C(=O)NNC(=O)C2CC2)cc1. The number of nitrogens with zero attached hydrogens (tertiary/aromatic N) is 2. The van der Waals surface area contributed by atoms with E-state index in [4.69, 9.17) is 0 Å². The molecule has 2 amide bonds. The van der Waals surface area contributed by atoms with Crippen LogP contribution in [0, 0.1) is 5.92 Å². The van der Waals surface area contributed by atoms with Gasteiger partial charge in [-0.05, 0) is 43.4 Å². The van der Waals surface area contributed by atoms with Crippen molar-refractivity contribution in [3.05, 3.63) is 42.2 Å². The van der Waals surface area contributed by atoms with E-state index in [0.29, 0.717) is 5.56 Å². The van der Waals surface area contributed by atoms with Crippen molar-refractivity contribution in [3.63, 3.8) is 0 Å². The zero-order valence-corrected chi connectivity index (χ0v) is 12.9. The second-order valence-corrected chi connectivity index (χ2v) is 5.82. The fourth-order valence-corrected chi connectivity index (χ4v) is 2.58. The van der Waals surface area contributed by atoms with Gasteiger partial charge in [-0.1, -0.05) is 11.8 Å². The molecule has 0 saturated heterocycles. The summed E-state index contributed by atoms with van der Waals surface area (Å²) in [6.45, 7) is 0. The topological polar surface area (TPSA) is 76.0 Å². The first-order valence-corrected chi connectivity index (χ1v) is 8.19. The van der Waals surface area contributed by atoms with Crippen LogP contribution in [-0.4, -0.2) is 27.6 Å². The fraction of sp³-hybridized carbons (Fsp3) is 0.267. The predicted molar refractivity (Wildman–Crippen MR) is 83.7 cm³/mol. The zero-order chi connectivity index (χ0) is 15.5. The van der Waals surface area contributed by atoms with Gasteiger partial charge in [-0.15, -0.1) is 0 Å². The van der Waals surface area contributed by atoms with Gasteiger partial charge in [0.2, 0.25) is 5.91 Å². The molecule has 1 aliphatic carbocycles. The molecule has 7 heteroatoms. The first kappa shape index (κ1) is 14.6. The molecule has 0 radical (unpaired) electrons. The highest BCUT2D eigenvalue weighted by Crippen LogP contribution is 2.28. The molecule has 1 aromatic carbocycles. The Morgan fingerprint density at radius 3 is 2.59 bits per heavy atom. The number of hydrogen-bond donors (Lipinski definition) is 2. The Kier molecular flexibility index (Phi) is 4.15. The van der Waals surface area contributed by atoms with Crippen LogP contribution in [0.25, 0.3) is 5.69 Å². The Morgan fingerprint density at radius 2 is 1.95 bits per heavy atom. The molecule has 2 aromatic rings. The number of hydrazine groups is 1. The van der Waals surface area contributed by atoms with Gasteiger partial charge in [0.1, 0.15) is 0 Å². The van der Waals surface area contributed by atoms with Crippen molar-refractivity contribution in [3.8, 4) is 5.69 Å². The van der Waals surface area contributed by atoms with Gasteiger partial charge < -0.3 is 0 Å². The number of rotatable bonds is 4. The molecule has 0 atom stereocenters. The van der Waals surface area contributed by atoms with Crippen LogP contribution < -0.4 is 10.9 Å². The van der Waals surface area contributed by atoms with E-state index in [2.05, 4.69) is 15.8 Å². The predicted octanol–water partition coefficient (Wildman–Crippen LogP) is 1.77. The van der Waals surface area contributed by atoms with Gasteiger partial charge in [0, 0.05) is 29.6 Å². The summed E-state index contributed by atoms with van der Waals surface area (Å²) in [6, 6.07) is 7.13. The van der Waals surface area contributed by atoms with E-state index >= 15 is 0 Å². The molecule has 0 spiro atoms. The molecular weight excluding hydrogens is 300 g/mol. The van der Waals surface area contributed by atoms with Gasteiger partial charge in [0.15, 0.2) is 5.16 Å². The molecule has 3 rings (SSSR count). The number of hydrogen-bond acceptors (Lipinski definition) is 4. The fourth-order valence-electron chi connectivity index (χ4n) is 2.05. The summed E-state index contributed by atoms with van der Waals surface area (Å²) < 4.78 is 1.95. The maximum Gasteiger partial charge on any atom is 0.269 e. The highest BCUT2D eigenvalue weighted by Gasteiger charge is 2.29. The van der Waals surface area contributed by atoms with Crippen molar-refractivity contribution in [2.24, 2.45) is 5.92 Å². The normalized spacial score (nSPS) is 13.7. The van der Waals surface area contributed by atoms with E-state index in [1.165, 1.54) is 0 Å². The molecule has 1 heterocycles. The van der Waals surface area contributed by atoms with Crippen LogP contribution in [-0.2, 0) is 4.79 Å². The number of thioether (sulfide) groups is 1. The number of amides is 2. The van der Waals surface area contributed by atoms with Crippen molar-refractivity contribution in [1.29, 1.82) is 0 Å². The van der Waals surface area contributed by atoms with Gasteiger partial charge in [-0.2, -0.15) is 0 Å². The first-order chi connectivity index (χ1) is 10.7. The molecule has 1 fully saturated rings. The third kappa shape index (κ3) is 3.14. The van der Waals surface area contributed by atoms with E-state index in [0.717, 1.165) is 23.7 Å². The molecule has 1 aromatic heterocycles. The lowest BCUT2D eigenvalue weighted by molar-refractivity contribution is -0.123. The van der Waals surface area contributed by atoms with Gasteiger partial charge in [0.25, 0.3) is 5.91 Å². The summed E-state index contributed by atoms with van der Waals surface area (Å²) in [4.78, 5) is 27.7.